The van der Waals surface area contributed by atoms with Crippen molar-refractivity contribution >= 4 is 46.6 Å². The molecular weight excluding hydrogens is 329 g/mol. The third-order valence-corrected chi connectivity index (χ3v) is 6.34. The van der Waals surface area contributed by atoms with Crippen LogP contribution in [-0.2, 0) is 9.53 Å². The number of halogens is 2. The van der Waals surface area contributed by atoms with Crippen molar-refractivity contribution in [3.05, 3.63) is 28.8 Å². The molecule has 0 radical (unpaired) electrons. The molecule has 1 amide bonds. The van der Waals surface area contributed by atoms with Crippen LogP contribution >= 0.6 is 35.0 Å². The summed E-state index contributed by atoms with van der Waals surface area (Å²) >= 11 is 14.1. The van der Waals surface area contributed by atoms with Gasteiger partial charge in [0.15, 0.2) is 5.06 Å². The second-order valence-electron chi connectivity index (χ2n) is 5.44. The number of thioether (sulfide) groups is 1. The first kappa shape index (κ1) is 16.9. The van der Waals surface area contributed by atoms with Gasteiger partial charge < -0.3 is 10.1 Å². The summed E-state index contributed by atoms with van der Waals surface area (Å²) < 4.78 is 4.12. The van der Waals surface area contributed by atoms with Crippen LogP contribution in [0.4, 0.5) is 5.69 Å². The van der Waals surface area contributed by atoms with E-state index in [0.29, 0.717) is 12.4 Å². The summed E-state index contributed by atoms with van der Waals surface area (Å²) in [4.78, 5) is 12.7. The molecule has 116 valence electrons. The fourth-order valence-electron chi connectivity index (χ4n) is 2.48. The van der Waals surface area contributed by atoms with Crippen LogP contribution in [0.3, 0.4) is 0 Å². The molecule has 3 nitrogen and oxygen atoms in total. The van der Waals surface area contributed by atoms with Gasteiger partial charge in [-0.2, -0.15) is 0 Å². The monoisotopic (exact) mass is 347 g/mol. The molecule has 1 N–H and O–H groups in total. The van der Waals surface area contributed by atoms with Crippen molar-refractivity contribution in [1.82, 2.24) is 0 Å². The Balaban J connectivity index is 2.30. The molecule has 1 saturated heterocycles. The zero-order chi connectivity index (χ0) is 15.8. The van der Waals surface area contributed by atoms with Crippen LogP contribution in [0.15, 0.2) is 12.1 Å². The minimum absolute atomic E-state index is 0.346. The molecule has 0 aliphatic carbocycles. The molecule has 21 heavy (non-hydrogen) atoms. The predicted octanol–water partition coefficient (Wildman–Crippen LogP) is 4.20. The molecular formula is C15H19Cl2NO2S. The number of rotatable bonds is 2. The van der Waals surface area contributed by atoms with Crippen LogP contribution in [0.25, 0.3) is 0 Å². The summed E-state index contributed by atoms with van der Waals surface area (Å²) in [7, 11) is 0. The van der Waals surface area contributed by atoms with Crippen molar-refractivity contribution < 1.29 is 9.53 Å². The van der Waals surface area contributed by atoms with E-state index in [4.69, 9.17) is 27.9 Å². The van der Waals surface area contributed by atoms with Crippen molar-refractivity contribution in [3.8, 4) is 0 Å². The Bertz CT molecular complexity index is 554. The van der Waals surface area contributed by atoms with Crippen molar-refractivity contribution in [1.29, 1.82) is 0 Å². The van der Waals surface area contributed by atoms with Crippen molar-refractivity contribution in [3.63, 3.8) is 0 Å². The second-order valence-corrected chi connectivity index (χ2v) is 8.26. The lowest BCUT2D eigenvalue weighted by atomic mass is 10.0. The molecule has 0 aromatic heterocycles. The van der Waals surface area contributed by atoms with E-state index < -0.39 is 9.27 Å². The van der Waals surface area contributed by atoms with Gasteiger partial charge in [0.05, 0.1) is 6.61 Å². The average Bonchev–Trinajstić information content (AvgIpc) is 2.37. The number of nitrogens with one attached hydrogen (secondary N) is 1. The van der Waals surface area contributed by atoms with E-state index in [1.54, 1.807) is 6.92 Å². The van der Waals surface area contributed by atoms with Crippen LogP contribution in [0.2, 0.25) is 0 Å². The lowest BCUT2D eigenvalue weighted by molar-refractivity contribution is -0.120. The lowest BCUT2D eigenvalue weighted by Gasteiger charge is -2.41. The SMILES string of the molecule is Cc1cc(C)c(NC(=O)[C@@]2(Cl)SCCO[C@@]2(C)Cl)c(C)c1. The molecule has 1 heterocycles. The average molecular weight is 348 g/mol. The van der Waals surface area contributed by atoms with Crippen LogP contribution in [0.1, 0.15) is 23.6 Å². The van der Waals surface area contributed by atoms with Gasteiger partial charge >= 0.3 is 0 Å². The zero-order valence-electron chi connectivity index (χ0n) is 12.5. The summed E-state index contributed by atoms with van der Waals surface area (Å²) in [6, 6.07) is 4.04. The van der Waals surface area contributed by atoms with Gasteiger partial charge in [0.25, 0.3) is 5.91 Å². The normalized spacial score (nSPS) is 29.2. The van der Waals surface area contributed by atoms with Gasteiger partial charge in [-0.3, -0.25) is 4.79 Å². The number of benzene rings is 1. The first-order chi connectivity index (χ1) is 9.67. The van der Waals surface area contributed by atoms with E-state index in [1.807, 2.05) is 32.9 Å². The minimum atomic E-state index is -1.35. The second kappa shape index (κ2) is 5.99. The molecule has 1 aliphatic rings. The van der Waals surface area contributed by atoms with Crippen molar-refractivity contribution in [2.45, 2.75) is 37.0 Å². The predicted molar refractivity (Wildman–Crippen MR) is 90.5 cm³/mol. The van der Waals surface area contributed by atoms with E-state index in [9.17, 15) is 4.79 Å². The molecule has 2 atom stereocenters. The fourth-order valence-corrected chi connectivity index (χ4v) is 4.08. The highest BCUT2D eigenvalue weighted by Crippen LogP contribution is 2.48. The van der Waals surface area contributed by atoms with E-state index in [-0.39, 0.29) is 5.91 Å². The van der Waals surface area contributed by atoms with Gasteiger partial charge in [0.2, 0.25) is 4.21 Å². The molecule has 6 heteroatoms. The first-order valence-corrected chi connectivity index (χ1v) is 8.46. The number of alkyl halides is 2. The van der Waals surface area contributed by atoms with Gasteiger partial charge in [0, 0.05) is 11.4 Å². The zero-order valence-corrected chi connectivity index (χ0v) is 14.9. The summed E-state index contributed by atoms with van der Waals surface area (Å²) in [6.07, 6.45) is 0. The van der Waals surface area contributed by atoms with Gasteiger partial charge in [-0.25, -0.2) is 0 Å². The van der Waals surface area contributed by atoms with Crippen LogP contribution in [-0.4, -0.2) is 27.5 Å². The third-order valence-electron chi connectivity index (χ3n) is 3.54. The Hall–Kier alpha value is -0.420. The molecule has 0 unspecified atom stereocenters. The third kappa shape index (κ3) is 3.19. The highest BCUT2D eigenvalue weighted by molar-refractivity contribution is 8.03. The maximum Gasteiger partial charge on any atom is 0.260 e. The Morgan fingerprint density at radius 1 is 1.29 bits per heavy atom. The molecule has 1 aromatic carbocycles. The van der Waals surface area contributed by atoms with Gasteiger partial charge in [0.1, 0.15) is 0 Å². The number of amides is 1. The largest absolute Gasteiger partial charge is 0.356 e. The lowest BCUT2D eigenvalue weighted by Crippen LogP contribution is -2.54. The van der Waals surface area contributed by atoms with Gasteiger partial charge in [-0.1, -0.05) is 40.9 Å². The molecule has 0 bridgehead atoms. The van der Waals surface area contributed by atoms with Crippen LogP contribution < -0.4 is 5.32 Å². The molecule has 1 fully saturated rings. The number of ether oxygens (including phenoxy) is 1. The van der Waals surface area contributed by atoms with Crippen molar-refractivity contribution in [2.75, 3.05) is 17.7 Å². The number of anilines is 1. The van der Waals surface area contributed by atoms with Gasteiger partial charge in [-0.05, 0) is 38.8 Å². The Kier molecular flexibility index (Phi) is 4.84. The summed E-state index contributed by atoms with van der Waals surface area (Å²) in [6.45, 7) is 8.05. The highest BCUT2D eigenvalue weighted by Gasteiger charge is 2.55. The van der Waals surface area contributed by atoms with Gasteiger partial charge in [-0.15, -0.1) is 11.8 Å². The number of carbonyl (C=O) groups is 1. The molecule has 2 rings (SSSR count). The number of carbonyl (C=O) groups excluding carboxylic acids is 1. The quantitative estimate of drug-likeness (QED) is 0.814. The van der Waals surface area contributed by atoms with E-state index >= 15 is 0 Å². The Morgan fingerprint density at radius 2 is 1.86 bits per heavy atom. The topological polar surface area (TPSA) is 38.3 Å². The number of hydrogen-bond acceptors (Lipinski definition) is 3. The smallest absolute Gasteiger partial charge is 0.260 e. The minimum Gasteiger partial charge on any atom is -0.356 e. The Labute approximate surface area is 139 Å². The van der Waals surface area contributed by atoms with E-state index in [0.717, 1.165) is 22.4 Å². The first-order valence-electron chi connectivity index (χ1n) is 6.72. The number of aryl methyl sites for hydroxylation is 3. The maximum absolute atomic E-state index is 12.7. The Morgan fingerprint density at radius 3 is 2.38 bits per heavy atom. The summed E-state index contributed by atoms with van der Waals surface area (Å²) in [5.41, 5.74) is 3.93. The highest BCUT2D eigenvalue weighted by atomic mass is 35.5. The van der Waals surface area contributed by atoms with Crippen LogP contribution in [0.5, 0.6) is 0 Å². The van der Waals surface area contributed by atoms with Crippen molar-refractivity contribution in [2.24, 2.45) is 0 Å². The standard InChI is InChI=1S/C15H19Cl2NO2S/c1-9-7-10(2)12(11(3)8-9)18-13(19)15(17)14(4,16)20-5-6-21-15/h7-8H,5-6H2,1-4H3,(H,18,19)/t14-,15-/m1/s1. The number of hydrogen-bond donors (Lipinski definition) is 1. The van der Waals surface area contributed by atoms with Crippen LogP contribution in [0, 0.1) is 20.8 Å². The maximum atomic E-state index is 12.7. The molecule has 0 spiro atoms. The summed E-state index contributed by atoms with van der Waals surface area (Å²) in [5, 5.41) is 1.67. The summed E-state index contributed by atoms with van der Waals surface area (Å²) in [5.74, 6) is 0.284. The molecule has 1 aliphatic heterocycles. The van der Waals surface area contributed by atoms with E-state index in [2.05, 4.69) is 5.32 Å². The fraction of sp³-hybridized carbons (Fsp3) is 0.533. The molecule has 0 saturated carbocycles. The molecule has 1 aromatic rings. The van der Waals surface area contributed by atoms with E-state index in [1.165, 1.54) is 11.8 Å².